The van der Waals surface area contributed by atoms with E-state index in [0.717, 1.165) is 0 Å². The van der Waals surface area contributed by atoms with Crippen LogP contribution in [0.25, 0.3) is 0 Å². The van der Waals surface area contributed by atoms with E-state index in [1.165, 1.54) is 31.3 Å². The van der Waals surface area contributed by atoms with Crippen molar-refractivity contribution in [2.24, 2.45) is 11.7 Å². The summed E-state index contributed by atoms with van der Waals surface area (Å²) in [6.07, 6.45) is -1.24. The van der Waals surface area contributed by atoms with Gasteiger partial charge in [-0.05, 0) is 23.3 Å². The van der Waals surface area contributed by atoms with Gasteiger partial charge in [0.15, 0.2) is 17.7 Å². The third kappa shape index (κ3) is 4.93. The van der Waals surface area contributed by atoms with E-state index in [4.69, 9.17) is 29.4 Å². The first-order valence-electron chi connectivity index (χ1n) is 12.5. The Morgan fingerprint density at radius 1 is 1.15 bits per heavy atom. The maximum Gasteiger partial charge on any atom is 0.415 e. The lowest BCUT2D eigenvalue weighted by atomic mass is 9.74. The number of allylic oxidation sites excluding steroid dienone is 1. The Bertz CT molecular complexity index is 1360. The number of nitro benzene ring substituents is 1. The summed E-state index contributed by atoms with van der Waals surface area (Å²) in [5, 5.41) is 21.5. The van der Waals surface area contributed by atoms with Gasteiger partial charge in [-0.1, -0.05) is 12.1 Å². The molecule has 4 unspecified atom stereocenters. The van der Waals surface area contributed by atoms with Crippen LogP contribution in [0, 0.1) is 27.4 Å². The van der Waals surface area contributed by atoms with E-state index in [1.54, 1.807) is 24.3 Å². The summed E-state index contributed by atoms with van der Waals surface area (Å²) in [6.45, 7) is 1.60. The monoisotopic (exact) mass is 552 g/mol. The fourth-order valence-electron chi connectivity index (χ4n) is 5.29. The Morgan fingerprint density at radius 3 is 2.48 bits per heavy atom. The number of methoxy groups -OCH3 is 2. The average Bonchev–Trinajstić information content (AvgIpc) is 3.40. The van der Waals surface area contributed by atoms with Crippen molar-refractivity contribution < 1.29 is 33.4 Å². The van der Waals surface area contributed by atoms with Crippen molar-refractivity contribution in [3.63, 3.8) is 0 Å². The predicted molar refractivity (Wildman–Crippen MR) is 138 cm³/mol. The predicted octanol–water partition coefficient (Wildman–Crippen LogP) is 2.04. The van der Waals surface area contributed by atoms with Crippen LogP contribution in [0.5, 0.6) is 17.2 Å². The van der Waals surface area contributed by atoms with Crippen molar-refractivity contribution in [2.45, 2.75) is 18.2 Å². The van der Waals surface area contributed by atoms with Gasteiger partial charge in [-0.15, -0.1) is 0 Å². The molecule has 14 nitrogen and oxygen atoms in total. The average molecular weight is 553 g/mol. The number of morpholine rings is 1. The van der Waals surface area contributed by atoms with E-state index < -0.39 is 35.1 Å². The standard InChI is InChI=1S/C26H28N6O8/c1-36-18-11-15(12-19(37-2)23(18)39-26(33)31-6-8-38-9-7-31)20-17(13-27)24(28)40-25-21(20)22(29-30-25)14-4-3-5-16(10-14)32(34)35/h3-5,10-12,20-22,25,29-30H,6-9,28H2,1-2H3. The minimum Gasteiger partial charge on any atom is -0.493 e. The first-order valence-corrected chi connectivity index (χ1v) is 12.5. The topological polar surface area (TPSA) is 183 Å². The Morgan fingerprint density at radius 2 is 1.85 bits per heavy atom. The van der Waals surface area contributed by atoms with Gasteiger partial charge in [-0.25, -0.2) is 15.6 Å². The molecule has 2 fully saturated rings. The second-order valence-corrected chi connectivity index (χ2v) is 9.32. The number of rotatable bonds is 6. The molecule has 14 heteroatoms. The third-order valence-corrected chi connectivity index (χ3v) is 7.19. The largest absolute Gasteiger partial charge is 0.493 e. The number of nitrogens with one attached hydrogen (secondary N) is 2. The van der Waals surface area contributed by atoms with Gasteiger partial charge in [0.1, 0.15) is 6.07 Å². The summed E-state index contributed by atoms with van der Waals surface area (Å²) in [4.78, 5) is 25.3. The van der Waals surface area contributed by atoms with Crippen molar-refractivity contribution in [2.75, 3.05) is 40.5 Å². The van der Waals surface area contributed by atoms with E-state index in [-0.39, 0.29) is 34.4 Å². The maximum absolute atomic E-state index is 12.8. The van der Waals surface area contributed by atoms with Crippen LogP contribution in [0.4, 0.5) is 10.5 Å². The van der Waals surface area contributed by atoms with Gasteiger partial charge in [0.05, 0.1) is 44.0 Å². The SMILES string of the molecule is COc1cc(C2C(C#N)=C(N)OC3NNC(c4cccc([N+](=O)[O-])c4)C32)cc(OC)c1OC(=O)N1CCOCC1. The Hall–Kier alpha value is -4.58. The molecule has 5 rings (SSSR count). The van der Waals surface area contributed by atoms with Crippen LogP contribution in [0.15, 0.2) is 47.9 Å². The highest BCUT2D eigenvalue weighted by Gasteiger charge is 2.49. The van der Waals surface area contributed by atoms with Gasteiger partial charge < -0.3 is 34.3 Å². The second kappa shape index (κ2) is 11.3. The second-order valence-electron chi connectivity index (χ2n) is 9.32. The van der Waals surface area contributed by atoms with Crippen molar-refractivity contribution in [3.05, 3.63) is 69.1 Å². The molecule has 3 heterocycles. The van der Waals surface area contributed by atoms with E-state index in [1.807, 2.05) is 0 Å². The smallest absolute Gasteiger partial charge is 0.415 e. The number of benzene rings is 2. The first kappa shape index (κ1) is 27.0. The zero-order valence-electron chi connectivity index (χ0n) is 21.8. The fourth-order valence-corrected chi connectivity index (χ4v) is 5.29. The van der Waals surface area contributed by atoms with Crippen molar-refractivity contribution >= 4 is 11.8 Å². The fraction of sp³-hybridized carbons (Fsp3) is 0.385. The highest BCUT2D eigenvalue weighted by molar-refractivity contribution is 5.74. The molecule has 0 bridgehead atoms. The van der Waals surface area contributed by atoms with Crippen LogP contribution in [0.3, 0.4) is 0 Å². The Kier molecular flexibility index (Phi) is 7.60. The molecule has 2 saturated heterocycles. The molecule has 2 aromatic carbocycles. The lowest BCUT2D eigenvalue weighted by Gasteiger charge is -2.36. The normalized spacial score (nSPS) is 24.0. The molecule has 0 radical (unpaired) electrons. The molecular formula is C26H28N6O8. The molecular weight excluding hydrogens is 524 g/mol. The molecule has 0 spiro atoms. The highest BCUT2D eigenvalue weighted by atomic mass is 16.6. The number of nitrogens with zero attached hydrogens (tertiary/aromatic N) is 3. The molecule has 4 atom stereocenters. The van der Waals surface area contributed by atoms with Gasteiger partial charge in [-0.2, -0.15) is 5.26 Å². The Balaban J connectivity index is 1.56. The van der Waals surface area contributed by atoms with E-state index in [9.17, 15) is 20.2 Å². The molecule has 4 N–H and O–H groups in total. The van der Waals surface area contributed by atoms with Crippen LogP contribution in [-0.2, 0) is 9.47 Å². The molecule has 40 heavy (non-hydrogen) atoms. The number of hydrazine groups is 1. The molecule has 1 amide bonds. The van der Waals surface area contributed by atoms with Crippen molar-refractivity contribution in [3.8, 4) is 23.3 Å². The minimum atomic E-state index is -0.665. The van der Waals surface area contributed by atoms with Crippen LogP contribution < -0.4 is 30.8 Å². The van der Waals surface area contributed by atoms with E-state index in [0.29, 0.717) is 37.4 Å². The number of non-ortho nitro benzene ring substituents is 1. The van der Waals surface area contributed by atoms with Crippen molar-refractivity contribution in [1.82, 2.24) is 15.8 Å². The molecule has 2 aromatic rings. The number of amides is 1. The maximum atomic E-state index is 12.8. The van der Waals surface area contributed by atoms with E-state index >= 15 is 0 Å². The summed E-state index contributed by atoms with van der Waals surface area (Å²) >= 11 is 0. The number of hydrogen-bond acceptors (Lipinski definition) is 12. The summed E-state index contributed by atoms with van der Waals surface area (Å²) in [6, 6.07) is 11.2. The van der Waals surface area contributed by atoms with Crippen molar-refractivity contribution in [1.29, 1.82) is 5.26 Å². The van der Waals surface area contributed by atoms with Crippen LogP contribution in [-0.4, -0.2) is 62.7 Å². The first-order chi connectivity index (χ1) is 19.4. The summed E-state index contributed by atoms with van der Waals surface area (Å²) < 4.78 is 28.0. The zero-order chi connectivity index (χ0) is 28.4. The van der Waals surface area contributed by atoms with E-state index in [2.05, 4.69) is 16.9 Å². The number of nitrogens with two attached hydrogens (primary N) is 1. The lowest BCUT2D eigenvalue weighted by molar-refractivity contribution is -0.384. The lowest BCUT2D eigenvalue weighted by Crippen LogP contribution is -2.42. The number of fused-ring (bicyclic) bond motifs is 1. The van der Waals surface area contributed by atoms with Gasteiger partial charge in [-0.3, -0.25) is 10.1 Å². The van der Waals surface area contributed by atoms with Gasteiger partial charge in [0, 0.05) is 37.1 Å². The summed E-state index contributed by atoms with van der Waals surface area (Å²) in [5.41, 5.74) is 13.7. The summed E-state index contributed by atoms with van der Waals surface area (Å²) in [5.74, 6) is -0.672. The number of ether oxygens (including phenoxy) is 5. The molecule has 210 valence electrons. The quantitative estimate of drug-likeness (QED) is 0.351. The highest BCUT2D eigenvalue weighted by Crippen LogP contribution is 2.50. The number of nitriles is 1. The van der Waals surface area contributed by atoms with Gasteiger partial charge >= 0.3 is 6.09 Å². The molecule has 0 aliphatic carbocycles. The summed E-state index contributed by atoms with van der Waals surface area (Å²) in [7, 11) is 2.86. The van der Waals surface area contributed by atoms with Gasteiger partial charge in [0.2, 0.25) is 11.6 Å². The number of carbonyl (C=O) groups is 1. The molecule has 3 aliphatic heterocycles. The molecule has 0 aromatic heterocycles. The van der Waals surface area contributed by atoms with Crippen LogP contribution in [0.1, 0.15) is 23.1 Å². The minimum absolute atomic E-state index is 0.0523. The zero-order valence-corrected chi connectivity index (χ0v) is 21.8. The van der Waals surface area contributed by atoms with Crippen LogP contribution >= 0.6 is 0 Å². The third-order valence-electron chi connectivity index (χ3n) is 7.19. The molecule has 0 saturated carbocycles. The number of nitro groups is 1. The molecule has 3 aliphatic rings. The van der Waals surface area contributed by atoms with Crippen LogP contribution in [0.2, 0.25) is 0 Å². The Labute approximate surface area is 229 Å². The number of carbonyl (C=O) groups excluding carboxylic acids is 1. The number of hydrogen-bond donors (Lipinski definition) is 3. The van der Waals surface area contributed by atoms with Gasteiger partial charge in [0.25, 0.3) is 5.69 Å².